The van der Waals surface area contributed by atoms with Crippen LogP contribution in [0, 0.1) is 0 Å². The van der Waals surface area contributed by atoms with Crippen LogP contribution in [0.3, 0.4) is 0 Å². The van der Waals surface area contributed by atoms with Crippen molar-refractivity contribution in [3.63, 3.8) is 0 Å². The molecule has 0 aliphatic heterocycles. The van der Waals surface area contributed by atoms with Crippen molar-refractivity contribution in [2.24, 2.45) is 5.73 Å². The fourth-order valence-electron chi connectivity index (χ4n) is 3.16. The third-order valence-electron chi connectivity index (χ3n) is 5.09. The molecule has 1 unspecified atom stereocenters. The topological polar surface area (TPSA) is 133 Å². The molecule has 12 heteroatoms. The molecule has 212 valence electrons. The predicted molar refractivity (Wildman–Crippen MR) is 159 cm³/mol. The Morgan fingerprint density at radius 3 is 2.56 bits per heavy atom. The first-order valence-electron chi connectivity index (χ1n) is 12.4. The van der Waals surface area contributed by atoms with E-state index in [0.29, 0.717) is 29.6 Å². The number of phosphoric ester groups is 1. The number of unbranched alkanes of at least 4 members (excludes halogenated alkanes) is 1. The van der Waals surface area contributed by atoms with Crippen LogP contribution in [0.15, 0.2) is 70.2 Å². The number of rotatable bonds is 13. The number of anilines is 1. The number of hydrogen-bond donors (Lipinski definition) is 3. The maximum Gasteiger partial charge on any atom is 0.471 e. The summed E-state index contributed by atoms with van der Waals surface area (Å²) >= 11 is 7.35. The molecule has 4 N–H and O–H groups in total. The predicted octanol–water partition coefficient (Wildman–Crippen LogP) is 7.36. The van der Waals surface area contributed by atoms with Gasteiger partial charge in [-0.3, -0.25) is 9.05 Å². The van der Waals surface area contributed by atoms with E-state index >= 15 is 0 Å². The number of benzene rings is 1. The molecule has 39 heavy (non-hydrogen) atoms. The summed E-state index contributed by atoms with van der Waals surface area (Å²) in [6.45, 7) is 6.59. The van der Waals surface area contributed by atoms with Gasteiger partial charge in [-0.25, -0.2) is 9.55 Å². The van der Waals surface area contributed by atoms with Gasteiger partial charge in [0.1, 0.15) is 5.15 Å². The fourth-order valence-corrected chi connectivity index (χ4v) is 4.43. The van der Waals surface area contributed by atoms with Crippen LogP contribution < -0.4 is 11.1 Å². The average molecular weight is 595 g/mol. The third-order valence-corrected chi connectivity index (χ3v) is 7.26. The minimum atomic E-state index is -3.67. The van der Waals surface area contributed by atoms with Crippen molar-refractivity contribution >= 4 is 41.5 Å². The molecular weight excluding hydrogens is 559 g/mol. The zero-order valence-electron chi connectivity index (χ0n) is 22.6. The van der Waals surface area contributed by atoms with E-state index in [-0.39, 0.29) is 6.61 Å². The Morgan fingerprint density at radius 2 is 2.00 bits per heavy atom. The second-order valence-electron chi connectivity index (χ2n) is 8.13. The van der Waals surface area contributed by atoms with E-state index in [2.05, 4.69) is 55.7 Å². The number of halogens is 1. The molecule has 1 atom stereocenters. The molecule has 2 aromatic heterocycles. The van der Waals surface area contributed by atoms with Crippen molar-refractivity contribution in [2.75, 3.05) is 19.0 Å². The molecule has 1 aromatic carbocycles. The van der Waals surface area contributed by atoms with Gasteiger partial charge in [-0.2, -0.15) is 0 Å². The highest BCUT2D eigenvalue weighted by molar-refractivity contribution is 7.47. The van der Waals surface area contributed by atoms with Crippen molar-refractivity contribution < 1.29 is 23.0 Å². The standard InChI is InChI=1S/C24H27ClN4OS.C3H9O4P/c1-3-5-7-20(21(26)8-6-4-2)22-14-19(29-30-22)13-17-9-11-18(12-10-17)15-27-24-28-23(25)16-31-24;1-3-7-8(4,5)6-2/h3,5,7-12,14,16H,4,6,13,15,26H2,1-2H3,(H,27,28);3H2,1-2H3,(H,4,5)/b5-3-,20-7+,21-8-;. The van der Waals surface area contributed by atoms with Crippen molar-refractivity contribution in [3.8, 4) is 0 Å². The van der Waals surface area contributed by atoms with E-state index in [0.717, 1.165) is 41.9 Å². The van der Waals surface area contributed by atoms with Crippen LogP contribution in [0.4, 0.5) is 5.13 Å². The Kier molecular flexibility index (Phi) is 14.2. The Balaban J connectivity index is 0.000000580. The molecule has 0 saturated heterocycles. The minimum Gasteiger partial charge on any atom is -0.398 e. The molecule has 3 rings (SSSR count). The fraction of sp³-hybridized carbons (Fsp3) is 0.333. The normalized spacial score (nSPS) is 13.7. The molecule has 0 aliphatic rings. The highest BCUT2D eigenvalue weighted by atomic mass is 35.5. The first-order valence-corrected chi connectivity index (χ1v) is 15.2. The highest BCUT2D eigenvalue weighted by Crippen LogP contribution is 2.41. The van der Waals surface area contributed by atoms with Crippen molar-refractivity contribution in [1.29, 1.82) is 0 Å². The number of allylic oxidation sites excluding steroid dienone is 5. The van der Waals surface area contributed by atoms with E-state index in [1.54, 1.807) is 6.92 Å². The Hall–Kier alpha value is -2.72. The maximum absolute atomic E-state index is 10.3. The zero-order chi connectivity index (χ0) is 28.7. The van der Waals surface area contributed by atoms with Crippen LogP contribution >= 0.6 is 30.8 Å². The van der Waals surface area contributed by atoms with Crippen molar-refractivity contribution in [1.82, 2.24) is 10.1 Å². The van der Waals surface area contributed by atoms with E-state index in [1.807, 2.05) is 42.7 Å². The quantitative estimate of drug-likeness (QED) is 0.137. The van der Waals surface area contributed by atoms with Gasteiger partial charge in [-0.05, 0) is 37.5 Å². The van der Waals surface area contributed by atoms with Gasteiger partial charge < -0.3 is 20.5 Å². The summed E-state index contributed by atoms with van der Waals surface area (Å²) in [5.41, 5.74) is 11.0. The molecule has 0 saturated carbocycles. The lowest BCUT2D eigenvalue weighted by atomic mass is 10.0. The number of nitrogens with zero attached hydrogens (tertiary/aromatic N) is 2. The number of nitrogens with two attached hydrogens (primary N) is 1. The van der Waals surface area contributed by atoms with E-state index in [4.69, 9.17) is 26.8 Å². The largest absolute Gasteiger partial charge is 0.471 e. The van der Waals surface area contributed by atoms with Crippen LogP contribution in [-0.4, -0.2) is 28.8 Å². The summed E-state index contributed by atoms with van der Waals surface area (Å²) in [6.07, 6.45) is 10.6. The average Bonchev–Trinajstić information content (AvgIpc) is 3.56. The Labute approximate surface area is 239 Å². The van der Waals surface area contributed by atoms with Crippen LogP contribution in [0.1, 0.15) is 56.2 Å². The molecule has 9 nitrogen and oxygen atoms in total. The van der Waals surface area contributed by atoms with E-state index in [9.17, 15) is 4.57 Å². The van der Waals surface area contributed by atoms with E-state index in [1.165, 1.54) is 16.9 Å². The zero-order valence-corrected chi connectivity index (χ0v) is 25.1. The minimum absolute atomic E-state index is 0.182. The molecule has 3 aromatic rings. The number of aromatic nitrogens is 2. The lowest BCUT2D eigenvalue weighted by Crippen LogP contribution is -2.00. The molecular formula is C27H36ClN4O5PS. The lowest BCUT2D eigenvalue weighted by Gasteiger charge is -2.04. The van der Waals surface area contributed by atoms with Gasteiger partial charge in [-0.15, -0.1) is 11.3 Å². The van der Waals surface area contributed by atoms with E-state index < -0.39 is 7.82 Å². The van der Waals surface area contributed by atoms with Gasteiger partial charge in [0.05, 0.1) is 12.3 Å². The van der Waals surface area contributed by atoms with Crippen LogP contribution in [0.25, 0.3) is 5.57 Å². The summed E-state index contributed by atoms with van der Waals surface area (Å²) in [7, 11) is -2.55. The van der Waals surface area contributed by atoms with Crippen molar-refractivity contribution in [3.05, 3.63) is 93.4 Å². The molecule has 0 aliphatic carbocycles. The monoisotopic (exact) mass is 594 g/mol. The van der Waals surface area contributed by atoms with Crippen molar-refractivity contribution in [2.45, 2.75) is 46.6 Å². The third kappa shape index (κ3) is 11.9. The second-order valence-corrected chi connectivity index (χ2v) is 10.9. The summed E-state index contributed by atoms with van der Waals surface area (Å²) in [5, 5.41) is 10.7. The summed E-state index contributed by atoms with van der Waals surface area (Å²) in [6, 6.07) is 10.4. The second kappa shape index (κ2) is 17.1. The number of phosphoric acid groups is 1. The van der Waals surface area contributed by atoms with Crippen LogP contribution in [0.2, 0.25) is 5.15 Å². The van der Waals surface area contributed by atoms with Gasteiger partial charge in [0.15, 0.2) is 10.9 Å². The molecule has 0 spiro atoms. The van der Waals surface area contributed by atoms with Gasteiger partial charge in [-0.1, -0.05) is 72.6 Å². The number of thiazole rings is 1. The molecule has 0 fully saturated rings. The first-order chi connectivity index (χ1) is 18.7. The smallest absolute Gasteiger partial charge is 0.398 e. The van der Waals surface area contributed by atoms with Gasteiger partial charge in [0.2, 0.25) is 0 Å². The first kappa shape index (κ1) is 32.5. The highest BCUT2D eigenvalue weighted by Gasteiger charge is 2.15. The molecule has 0 radical (unpaired) electrons. The maximum atomic E-state index is 10.3. The van der Waals surface area contributed by atoms with Gasteiger partial charge in [0.25, 0.3) is 0 Å². The van der Waals surface area contributed by atoms with Gasteiger partial charge >= 0.3 is 7.82 Å². The number of hydrogen-bond acceptors (Lipinski definition) is 9. The summed E-state index contributed by atoms with van der Waals surface area (Å²) < 4.78 is 24.2. The molecule has 0 amide bonds. The molecule has 2 heterocycles. The van der Waals surface area contributed by atoms with Crippen LogP contribution in [0.5, 0.6) is 0 Å². The summed E-state index contributed by atoms with van der Waals surface area (Å²) in [5.74, 6) is 0.681. The Bertz CT molecular complexity index is 1290. The molecule has 0 bridgehead atoms. The van der Waals surface area contributed by atoms with Crippen LogP contribution in [-0.2, 0) is 26.6 Å². The Morgan fingerprint density at radius 1 is 1.28 bits per heavy atom. The summed E-state index contributed by atoms with van der Waals surface area (Å²) in [4.78, 5) is 12.6. The SMILES string of the molecule is CCOP(=O)(O)OC.C\C=C/C=C(\C(N)=C\CCC)c1cc(Cc2ccc(CNc3nc(Cl)cs3)cc2)no1. The van der Waals surface area contributed by atoms with Gasteiger partial charge in [0, 0.05) is 42.8 Å². The number of nitrogens with one attached hydrogen (secondary N) is 1. The lowest BCUT2D eigenvalue weighted by molar-refractivity contribution is 0.181.